The Morgan fingerprint density at radius 3 is 2.83 bits per heavy atom. The molecule has 1 N–H and O–H groups in total. The van der Waals surface area contributed by atoms with E-state index in [0.717, 1.165) is 44.9 Å². The Morgan fingerprint density at radius 2 is 2.10 bits per heavy atom. The lowest BCUT2D eigenvalue weighted by molar-refractivity contribution is 0.158. The van der Waals surface area contributed by atoms with E-state index in [-0.39, 0.29) is 11.5 Å². The number of allylic oxidation sites excluding steroid dienone is 6. The molecule has 0 spiro atoms. The van der Waals surface area contributed by atoms with E-state index in [1.807, 2.05) is 0 Å². The number of hydrogen-bond donors (Lipinski definition) is 1. The van der Waals surface area contributed by atoms with Crippen molar-refractivity contribution in [2.24, 2.45) is 17.3 Å². The van der Waals surface area contributed by atoms with E-state index in [0.29, 0.717) is 17.6 Å². The van der Waals surface area contributed by atoms with Gasteiger partial charge in [-0.3, -0.25) is 0 Å². The molecule has 0 saturated heterocycles. The normalized spacial score (nSPS) is 34.3. The van der Waals surface area contributed by atoms with E-state index in [4.69, 9.17) is 0 Å². The van der Waals surface area contributed by atoms with E-state index in [1.54, 1.807) is 5.57 Å². The van der Waals surface area contributed by atoms with Crippen LogP contribution >= 0.6 is 0 Å². The van der Waals surface area contributed by atoms with Gasteiger partial charge in [-0.25, -0.2) is 8.42 Å². The van der Waals surface area contributed by atoms with Gasteiger partial charge in [0.2, 0.25) is 0 Å². The van der Waals surface area contributed by atoms with Crippen molar-refractivity contribution in [3.63, 3.8) is 0 Å². The van der Waals surface area contributed by atoms with Gasteiger partial charge in [-0.05, 0) is 80.6 Å². The summed E-state index contributed by atoms with van der Waals surface area (Å²) >= 11 is 0. The van der Waals surface area contributed by atoms with Gasteiger partial charge in [0.25, 0.3) is 0 Å². The van der Waals surface area contributed by atoms with Crippen molar-refractivity contribution in [3.05, 3.63) is 47.1 Å². The lowest BCUT2D eigenvalue weighted by atomic mass is 9.62. The average Bonchev–Trinajstić information content (AvgIpc) is 2.99. The number of aliphatic hydroxyl groups is 1. The average molecular weight is 419 g/mol. The van der Waals surface area contributed by atoms with Crippen LogP contribution in [0.25, 0.3) is 0 Å². The maximum atomic E-state index is 11.5. The van der Waals surface area contributed by atoms with Crippen LogP contribution in [0.4, 0.5) is 0 Å². The maximum absolute atomic E-state index is 11.5. The Kier molecular flexibility index (Phi) is 6.95. The topological polar surface area (TPSA) is 54.4 Å². The molecule has 2 saturated carbocycles. The van der Waals surface area contributed by atoms with Gasteiger partial charge >= 0.3 is 0 Å². The number of fused-ring (bicyclic) bond motifs is 1. The molecule has 3 aliphatic carbocycles. The molecule has 0 aliphatic heterocycles. The molecule has 0 amide bonds. The van der Waals surface area contributed by atoms with Gasteiger partial charge in [-0.1, -0.05) is 55.4 Å². The molecule has 4 heteroatoms. The fourth-order valence-corrected chi connectivity index (χ4v) is 6.51. The summed E-state index contributed by atoms with van der Waals surface area (Å²) in [6.07, 6.45) is 16.9. The molecule has 2 fully saturated rings. The van der Waals surface area contributed by atoms with Crippen LogP contribution in [0.2, 0.25) is 0 Å². The molecule has 29 heavy (non-hydrogen) atoms. The Labute approximate surface area is 177 Å². The molecular weight excluding hydrogens is 380 g/mol. The second-order valence-corrected chi connectivity index (χ2v) is 12.1. The van der Waals surface area contributed by atoms with Crippen LogP contribution in [0.5, 0.6) is 0 Å². The van der Waals surface area contributed by atoms with Crippen LogP contribution in [-0.4, -0.2) is 31.6 Å². The molecule has 3 rings (SSSR count). The van der Waals surface area contributed by atoms with Crippen molar-refractivity contribution in [1.82, 2.24) is 0 Å². The zero-order valence-corrected chi connectivity index (χ0v) is 19.2. The maximum Gasteiger partial charge on any atom is 0.147 e. The second-order valence-electron chi connectivity index (χ2n) is 9.83. The molecular formula is C25H38O3S. The van der Waals surface area contributed by atoms with Crippen molar-refractivity contribution < 1.29 is 13.5 Å². The van der Waals surface area contributed by atoms with E-state index in [9.17, 15) is 13.5 Å². The van der Waals surface area contributed by atoms with E-state index >= 15 is 0 Å². The Bertz CT molecular complexity index is 830. The highest BCUT2D eigenvalue weighted by Gasteiger charge is 2.45. The number of sulfone groups is 1. The zero-order valence-electron chi connectivity index (χ0n) is 18.4. The van der Waals surface area contributed by atoms with Crippen LogP contribution in [-0.2, 0) is 9.84 Å². The summed E-state index contributed by atoms with van der Waals surface area (Å²) in [6, 6.07) is 0. The van der Waals surface area contributed by atoms with Gasteiger partial charge in [0.15, 0.2) is 0 Å². The van der Waals surface area contributed by atoms with Gasteiger partial charge in [-0.2, -0.15) is 0 Å². The molecule has 3 nitrogen and oxygen atoms in total. The molecule has 0 aromatic rings. The van der Waals surface area contributed by atoms with Gasteiger partial charge in [0, 0.05) is 12.0 Å². The molecule has 0 aromatic carbocycles. The SMILES string of the molecule is C=C1CC[C@H](O)C/C1=C/C=C1\CCC[C@]2(C)C([C@H](C)CCCS(C)(=O)=O)=CC[C@@H]12. The highest BCUT2D eigenvalue weighted by molar-refractivity contribution is 7.90. The van der Waals surface area contributed by atoms with Crippen LogP contribution in [0.1, 0.15) is 71.6 Å². The van der Waals surface area contributed by atoms with Crippen LogP contribution in [0, 0.1) is 17.3 Å². The lowest BCUT2D eigenvalue weighted by Gasteiger charge is -2.42. The van der Waals surface area contributed by atoms with Gasteiger partial charge < -0.3 is 5.11 Å². The first-order valence-electron chi connectivity index (χ1n) is 11.2. The predicted molar refractivity (Wildman–Crippen MR) is 121 cm³/mol. The molecule has 4 atom stereocenters. The first-order valence-corrected chi connectivity index (χ1v) is 13.3. The van der Waals surface area contributed by atoms with Crippen molar-refractivity contribution in [1.29, 1.82) is 0 Å². The van der Waals surface area contributed by atoms with Gasteiger partial charge in [0.05, 0.1) is 6.10 Å². The molecule has 0 heterocycles. The van der Waals surface area contributed by atoms with Crippen molar-refractivity contribution >= 4 is 9.84 Å². The summed E-state index contributed by atoms with van der Waals surface area (Å²) in [5.41, 5.74) is 5.68. The highest BCUT2D eigenvalue weighted by Crippen LogP contribution is 2.57. The first-order chi connectivity index (χ1) is 13.6. The summed E-state index contributed by atoms with van der Waals surface area (Å²) in [6.45, 7) is 8.89. The molecule has 3 aliphatic rings. The Morgan fingerprint density at radius 1 is 1.34 bits per heavy atom. The third kappa shape index (κ3) is 5.32. The van der Waals surface area contributed by atoms with E-state index in [2.05, 4.69) is 38.7 Å². The fourth-order valence-electron chi connectivity index (χ4n) is 5.82. The van der Waals surface area contributed by atoms with Gasteiger partial charge in [-0.15, -0.1) is 0 Å². The monoisotopic (exact) mass is 418 g/mol. The van der Waals surface area contributed by atoms with Crippen molar-refractivity contribution in [2.45, 2.75) is 77.7 Å². The minimum absolute atomic E-state index is 0.205. The van der Waals surface area contributed by atoms with Crippen molar-refractivity contribution in [3.8, 4) is 0 Å². The second kappa shape index (κ2) is 8.93. The zero-order chi connectivity index (χ0) is 21.2. The summed E-state index contributed by atoms with van der Waals surface area (Å²) in [5.74, 6) is 1.29. The summed E-state index contributed by atoms with van der Waals surface area (Å²) in [7, 11) is -2.88. The number of aliphatic hydroxyl groups excluding tert-OH is 1. The summed E-state index contributed by atoms with van der Waals surface area (Å²) in [5, 5.41) is 9.99. The fraction of sp³-hybridized carbons (Fsp3) is 0.680. The summed E-state index contributed by atoms with van der Waals surface area (Å²) in [4.78, 5) is 0. The van der Waals surface area contributed by atoms with Crippen LogP contribution < -0.4 is 0 Å². The van der Waals surface area contributed by atoms with E-state index in [1.165, 1.54) is 35.8 Å². The molecule has 0 bridgehead atoms. The molecule has 162 valence electrons. The summed E-state index contributed by atoms with van der Waals surface area (Å²) < 4.78 is 22.9. The molecule has 0 unspecified atom stereocenters. The van der Waals surface area contributed by atoms with E-state index < -0.39 is 9.84 Å². The first kappa shape index (κ1) is 22.6. The lowest BCUT2D eigenvalue weighted by Crippen LogP contribution is -2.32. The minimum atomic E-state index is -2.88. The van der Waals surface area contributed by atoms with Gasteiger partial charge in [0.1, 0.15) is 9.84 Å². The van der Waals surface area contributed by atoms with Crippen LogP contribution in [0.15, 0.2) is 47.1 Å². The Balaban J connectivity index is 1.71. The standard InChI is InChI=1S/C25H38O3S/c1-18-9-12-22(26)17-21(18)11-10-20-8-5-15-25(3)23(13-14-24(20)25)19(2)7-6-16-29(4,27)28/h10-11,13,19,22,24,26H,1,5-9,12,14-17H2,2-4H3/b20-10+,21-11-/t19-,22+,24+,25-/m1/s1. The number of rotatable bonds is 6. The molecule has 0 radical (unpaired) electrons. The highest BCUT2D eigenvalue weighted by atomic mass is 32.2. The minimum Gasteiger partial charge on any atom is -0.393 e. The quantitative estimate of drug-likeness (QED) is 0.576. The molecule has 0 aromatic heterocycles. The predicted octanol–water partition coefficient (Wildman–Crippen LogP) is 5.54. The largest absolute Gasteiger partial charge is 0.393 e. The number of hydrogen-bond acceptors (Lipinski definition) is 3. The Hall–Kier alpha value is -1.13. The van der Waals surface area contributed by atoms with Crippen LogP contribution in [0.3, 0.4) is 0 Å². The van der Waals surface area contributed by atoms with Crippen molar-refractivity contribution in [2.75, 3.05) is 12.0 Å². The third-order valence-electron chi connectivity index (χ3n) is 7.48. The smallest absolute Gasteiger partial charge is 0.147 e. The third-order valence-corrected chi connectivity index (χ3v) is 8.51.